The Hall–Kier alpha value is -2.41. The molecule has 0 saturated carbocycles. The molecule has 1 aromatic carbocycles. The minimum atomic E-state index is -3.43. The average Bonchev–Trinajstić information content (AvgIpc) is 2.84. The van der Waals surface area contributed by atoms with Gasteiger partial charge in [-0.1, -0.05) is 6.92 Å². The van der Waals surface area contributed by atoms with Crippen LogP contribution >= 0.6 is 0 Å². The third-order valence-corrected chi connectivity index (χ3v) is 8.01. The van der Waals surface area contributed by atoms with Crippen LogP contribution in [0.1, 0.15) is 64.2 Å². The van der Waals surface area contributed by atoms with Crippen LogP contribution in [0.5, 0.6) is 5.75 Å². The van der Waals surface area contributed by atoms with E-state index in [1.807, 2.05) is 27.7 Å². The van der Waals surface area contributed by atoms with E-state index in [9.17, 15) is 23.1 Å². The number of rotatable bonds is 7. The smallest absolute Gasteiger partial charge is 0.319 e. The van der Waals surface area contributed by atoms with Gasteiger partial charge in [-0.2, -0.15) is 0 Å². The maximum atomic E-state index is 14.0. The molecule has 3 N–H and O–H groups in total. The van der Waals surface area contributed by atoms with Crippen molar-refractivity contribution in [1.82, 2.24) is 14.5 Å². The van der Waals surface area contributed by atoms with Crippen molar-refractivity contribution in [3.05, 3.63) is 23.8 Å². The van der Waals surface area contributed by atoms with Crippen LogP contribution in [0, 0.1) is 5.92 Å². The van der Waals surface area contributed by atoms with Crippen molar-refractivity contribution < 1.29 is 32.6 Å². The summed E-state index contributed by atoms with van der Waals surface area (Å²) in [4.78, 5) is 27.9. The van der Waals surface area contributed by atoms with Crippen LogP contribution in [0.3, 0.4) is 0 Å². The molecule has 0 fully saturated rings. The number of ether oxygens (including phenoxy) is 2. The van der Waals surface area contributed by atoms with E-state index in [2.05, 4.69) is 10.6 Å². The van der Waals surface area contributed by atoms with Gasteiger partial charge in [-0.3, -0.25) is 4.79 Å². The molecule has 1 aliphatic rings. The highest BCUT2D eigenvalue weighted by Crippen LogP contribution is 2.28. The quantitative estimate of drug-likeness (QED) is 0.458. The highest BCUT2D eigenvalue weighted by molar-refractivity contribution is 7.88. The third-order valence-electron chi connectivity index (χ3n) is 6.73. The molecule has 1 aromatic rings. The highest BCUT2D eigenvalue weighted by Gasteiger charge is 2.31. The summed E-state index contributed by atoms with van der Waals surface area (Å²) in [7, 11) is -1.92. The summed E-state index contributed by atoms with van der Waals surface area (Å²) in [6.07, 6.45) is 2.84. The fourth-order valence-corrected chi connectivity index (χ4v) is 4.70. The molecular formula is C27H46N4O7S. The van der Waals surface area contributed by atoms with Crippen molar-refractivity contribution in [1.29, 1.82) is 0 Å². The predicted molar refractivity (Wildman–Crippen MR) is 152 cm³/mol. The minimum absolute atomic E-state index is 0.0626. The Kier molecular flexibility index (Phi) is 12.5. The number of aliphatic hydroxyl groups excluding tert-OH is 1. The largest absolute Gasteiger partial charge is 0.490 e. The first-order valence-corrected chi connectivity index (χ1v) is 15.4. The number of likely N-dealkylation sites (N-methyl/N-ethyl adjacent to an activating group) is 1. The zero-order valence-electron chi connectivity index (χ0n) is 24.3. The Bertz CT molecular complexity index is 1070. The standard InChI is InChI=1S/C27H46N4O7S/c1-18(2)28-27(34)29-22-11-12-24-23(14-22)26(33)31(20(4)17-32)15-19(3)25(16-30(6)39(7,35)36)37-13-9-8-10-21(5)38-24/h11-12,14,18-21,25,32H,8-10,13,15-17H2,1-7H3,(H2,28,29,34)/t19-,20-,21-,25+/m1/s1. The second kappa shape index (κ2) is 14.8. The number of nitrogens with one attached hydrogen (secondary N) is 2. The molecule has 11 nitrogen and oxygen atoms in total. The lowest BCUT2D eigenvalue weighted by Crippen LogP contribution is -2.48. The molecule has 12 heteroatoms. The molecule has 39 heavy (non-hydrogen) atoms. The summed E-state index contributed by atoms with van der Waals surface area (Å²) in [6.45, 7) is 9.82. The summed E-state index contributed by atoms with van der Waals surface area (Å²) in [5.41, 5.74) is 0.692. The van der Waals surface area contributed by atoms with Crippen LogP contribution in [0.2, 0.25) is 0 Å². The number of aliphatic hydroxyl groups is 1. The number of carbonyl (C=O) groups is 2. The minimum Gasteiger partial charge on any atom is -0.490 e. The van der Waals surface area contributed by atoms with E-state index in [-0.39, 0.29) is 49.2 Å². The van der Waals surface area contributed by atoms with Gasteiger partial charge < -0.3 is 30.1 Å². The van der Waals surface area contributed by atoms with Crippen molar-refractivity contribution in [2.24, 2.45) is 5.92 Å². The number of amides is 3. The lowest BCUT2D eigenvalue weighted by atomic mass is 10.0. The fourth-order valence-electron chi connectivity index (χ4n) is 4.28. The predicted octanol–water partition coefficient (Wildman–Crippen LogP) is 2.90. The van der Waals surface area contributed by atoms with E-state index in [0.29, 0.717) is 18.0 Å². The lowest BCUT2D eigenvalue weighted by Gasteiger charge is -2.35. The van der Waals surface area contributed by atoms with Crippen LogP contribution in [0.4, 0.5) is 10.5 Å². The Morgan fingerprint density at radius 1 is 1.23 bits per heavy atom. The van der Waals surface area contributed by atoms with E-state index >= 15 is 0 Å². The molecule has 4 atom stereocenters. The fraction of sp³-hybridized carbons (Fsp3) is 0.704. The van der Waals surface area contributed by atoms with E-state index in [4.69, 9.17) is 9.47 Å². The first-order chi connectivity index (χ1) is 18.2. The third kappa shape index (κ3) is 10.3. The van der Waals surface area contributed by atoms with Crippen molar-refractivity contribution in [3.8, 4) is 5.75 Å². The maximum absolute atomic E-state index is 14.0. The molecule has 0 aromatic heterocycles. The number of nitrogens with zero attached hydrogens (tertiary/aromatic N) is 2. The Labute approximate surface area is 233 Å². The van der Waals surface area contributed by atoms with Crippen LogP contribution in [0.25, 0.3) is 0 Å². The number of anilines is 1. The zero-order chi connectivity index (χ0) is 29.3. The molecule has 0 unspecified atom stereocenters. The van der Waals surface area contributed by atoms with Gasteiger partial charge in [0.05, 0.1) is 36.7 Å². The Morgan fingerprint density at radius 3 is 2.54 bits per heavy atom. The van der Waals surface area contributed by atoms with Gasteiger partial charge in [0.1, 0.15) is 5.75 Å². The molecule has 3 amide bonds. The highest BCUT2D eigenvalue weighted by atomic mass is 32.2. The molecule has 0 radical (unpaired) electrons. The van der Waals surface area contributed by atoms with Gasteiger partial charge in [0.15, 0.2) is 0 Å². The van der Waals surface area contributed by atoms with E-state index in [0.717, 1.165) is 25.5 Å². The van der Waals surface area contributed by atoms with Gasteiger partial charge in [-0.25, -0.2) is 17.5 Å². The summed E-state index contributed by atoms with van der Waals surface area (Å²) in [6, 6.07) is 3.97. The van der Waals surface area contributed by atoms with Crippen LogP contribution in [-0.4, -0.2) is 98.6 Å². The molecule has 0 saturated heterocycles. The Balaban J connectivity index is 2.49. The molecule has 2 rings (SSSR count). The molecule has 0 spiro atoms. The first kappa shape index (κ1) is 32.8. The van der Waals surface area contributed by atoms with Crippen LogP contribution < -0.4 is 15.4 Å². The molecule has 0 aliphatic carbocycles. The first-order valence-electron chi connectivity index (χ1n) is 13.6. The molecule has 1 heterocycles. The van der Waals surface area contributed by atoms with Crippen LogP contribution in [-0.2, 0) is 14.8 Å². The zero-order valence-corrected chi connectivity index (χ0v) is 25.1. The summed E-state index contributed by atoms with van der Waals surface area (Å²) < 4.78 is 37.8. The normalized spacial score (nSPS) is 22.6. The summed E-state index contributed by atoms with van der Waals surface area (Å²) in [5.74, 6) is -0.228. The number of sulfonamides is 1. The molecule has 0 bridgehead atoms. The topological polar surface area (TPSA) is 138 Å². The van der Waals surface area contributed by atoms with Crippen molar-refractivity contribution in [2.75, 3.05) is 44.9 Å². The monoisotopic (exact) mass is 570 g/mol. The van der Waals surface area contributed by atoms with Gasteiger partial charge in [-0.05, 0) is 65.2 Å². The van der Waals surface area contributed by atoms with E-state index < -0.39 is 28.2 Å². The SMILES string of the molecule is CC(C)NC(=O)Nc1ccc2c(c1)C(=O)N([C@H](C)CO)C[C@@H](C)[C@H](CN(C)S(C)(=O)=O)OCCCC[C@@H](C)O2. The van der Waals surface area contributed by atoms with Gasteiger partial charge >= 0.3 is 6.03 Å². The van der Waals surface area contributed by atoms with E-state index in [1.54, 1.807) is 30.0 Å². The van der Waals surface area contributed by atoms with E-state index in [1.165, 1.54) is 11.4 Å². The summed E-state index contributed by atoms with van der Waals surface area (Å²) in [5, 5.41) is 15.5. The van der Waals surface area contributed by atoms with Gasteiger partial charge in [-0.15, -0.1) is 0 Å². The number of urea groups is 1. The lowest BCUT2D eigenvalue weighted by molar-refractivity contribution is -0.00828. The van der Waals surface area contributed by atoms with Gasteiger partial charge in [0.2, 0.25) is 10.0 Å². The number of hydrogen-bond donors (Lipinski definition) is 3. The van der Waals surface area contributed by atoms with Crippen molar-refractivity contribution >= 4 is 27.6 Å². The maximum Gasteiger partial charge on any atom is 0.319 e. The van der Waals surface area contributed by atoms with Gasteiger partial charge in [0, 0.05) is 44.4 Å². The van der Waals surface area contributed by atoms with Gasteiger partial charge in [0.25, 0.3) is 5.91 Å². The van der Waals surface area contributed by atoms with Crippen molar-refractivity contribution in [3.63, 3.8) is 0 Å². The molecular weight excluding hydrogens is 524 g/mol. The Morgan fingerprint density at radius 2 is 1.92 bits per heavy atom. The number of carbonyl (C=O) groups excluding carboxylic acids is 2. The summed E-state index contributed by atoms with van der Waals surface area (Å²) >= 11 is 0. The molecule has 222 valence electrons. The van der Waals surface area contributed by atoms with Crippen LogP contribution in [0.15, 0.2) is 18.2 Å². The second-order valence-electron chi connectivity index (χ2n) is 10.8. The second-order valence-corrected chi connectivity index (χ2v) is 12.9. The van der Waals surface area contributed by atoms with Crippen molar-refractivity contribution in [2.45, 2.75) is 78.2 Å². The number of hydrogen-bond acceptors (Lipinski definition) is 7. The number of benzene rings is 1. The molecule has 1 aliphatic heterocycles. The number of fused-ring (bicyclic) bond motifs is 1. The average molecular weight is 571 g/mol.